The molecule has 2 aromatic carbocycles. The predicted molar refractivity (Wildman–Crippen MR) is 128 cm³/mol. The number of carboxylic acids is 1. The van der Waals surface area contributed by atoms with Crippen LogP contribution in [0, 0.1) is 5.82 Å². The van der Waals surface area contributed by atoms with Crippen molar-refractivity contribution in [2.24, 2.45) is 0 Å². The zero-order valence-corrected chi connectivity index (χ0v) is 19.9. The van der Waals surface area contributed by atoms with Crippen LogP contribution >= 0.6 is 0 Å². The highest BCUT2D eigenvalue weighted by atomic mass is 19.4. The molecule has 1 saturated heterocycles. The summed E-state index contributed by atoms with van der Waals surface area (Å²) in [6.07, 6.45) is -2.13. The number of nitrogens with one attached hydrogen (secondary N) is 1. The number of halogens is 4. The fraction of sp³-hybridized carbons (Fsp3) is 0.346. The third kappa shape index (κ3) is 8.14. The van der Waals surface area contributed by atoms with Crippen molar-refractivity contribution in [3.63, 3.8) is 0 Å². The molecular formula is C26H27F4N3O4. The van der Waals surface area contributed by atoms with Crippen LogP contribution in [0.2, 0.25) is 0 Å². The average Bonchev–Trinajstić information content (AvgIpc) is 2.86. The summed E-state index contributed by atoms with van der Waals surface area (Å²) in [6.45, 7) is 1.71. The van der Waals surface area contributed by atoms with Crippen LogP contribution in [0.3, 0.4) is 0 Å². The van der Waals surface area contributed by atoms with Gasteiger partial charge in [-0.05, 0) is 36.7 Å². The molecule has 198 valence electrons. The van der Waals surface area contributed by atoms with E-state index >= 15 is 0 Å². The molecule has 2 amide bonds. The molecule has 11 heteroatoms. The standard InChI is InChI=1S/C26H27F4N3O4/c27-21-15-20(26(28,29)30)10-8-18(21)9-11-23(34)31-16-24(35)33-14-13-32(12-4-7-25(36)37)17-22(33)19-5-2-1-3-6-19/h1-3,5-6,8-11,15,22H,4,7,12-14,16-17H2,(H,31,34)(H,36,37)/b11-9+/t22-/m0/s1. The van der Waals surface area contributed by atoms with E-state index < -0.39 is 29.4 Å². The molecule has 3 rings (SSSR count). The van der Waals surface area contributed by atoms with Crippen LogP contribution < -0.4 is 5.32 Å². The van der Waals surface area contributed by atoms with E-state index in [0.29, 0.717) is 38.7 Å². The summed E-state index contributed by atoms with van der Waals surface area (Å²) in [5.41, 5.74) is -0.424. The summed E-state index contributed by atoms with van der Waals surface area (Å²) in [4.78, 5) is 39.7. The van der Waals surface area contributed by atoms with Gasteiger partial charge >= 0.3 is 12.1 Å². The molecule has 1 heterocycles. The van der Waals surface area contributed by atoms with E-state index in [0.717, 1.165) is 29.8 Å². The molecule has 0 aromatic heterocycles. The maximum absolute atomic E-state index is 14.0. The first-order chi connectivity index (χ1) is 17.5. The Morgan fingerprint density at radius 3 is 2.46 bits per heavy atom. The summed E-state index contributed by atoms with van der Waals surface area (Å²) in [5.74, 6) is -3.01. The Bertz CT molecular complexity index is 1140. The lowest BCUT2D eigenvalue weighted by Crippen LogP contribution is -2.52. The Hall–Kier alpha value is -3.73. The van der Waals surface area contributed by atoms with Gasteiger partial charge in [0.15, 0.2) is 0 Å². The van der Waals surface area contributed by atoms with E-state index in [2.05, 4.69) is 10.2 Å². The lowest BCUT2D eigenvalue weighted by molar-refractivity contribution is -0.138. The highest BCUT2D eigenvalue weighted by Gasteiger charge is 2.32. The topological polar surface area (TPSA) is 89.9 Å². The molecular weight excluding hydrogens is 494 g/mol. The van der Waals surface area contributed by atoms with Gasteiger partial charge in [-0.1, -0.05) is 36.4 Å². The summed E-state index contributed by atoms with van der Waals surface area (Å²) >= 11 is 0. The molecule has 37 heavy (non-hydrogen) atoms. The molecule has 1 aliphatic heterocycles. The smallest absolute Gasteiger partial charge is 0.416 e. The zero-order chi connectivity index (χ0) is 27.0. The minimum Gasteiger partial charge on any atom is -0.481 e. The van der Waals surface area contributed by atoms with E-state index in [4.69, 9.17) is 5.11 Å². The number of rotatable bonds is 9. The van der Waals surface area contributed by atoms with Crippen molar-refractivity contribution in [3.05, 3.63) is 77.1 Å². The van der Waals surface area contributed by atoms with Gasteiger partial charge in [0, 0.05) is 37.7 Å². The number of amides is 2. The van der Waals surface area contributed by atoms with Crippen molar-refractivity contribution in [1.29, 1.82) is 0 Å². The quantitative estimate of drug-likeness (QED) is 0.388. The van der Waals surface area contributed by atoms with Crippen molar-refractivity contribution in [1.82, 2.24) is 15.1 Å². The van der Waals surface area contributed by atoms with Gasteiger partial charge in [-0.25, -0.2) is 4.39 Å². The fourth-order valence-electron chi connectivity index (χ4n) is 4.08. The zero-order valence-electron chi connectivity index (χ0n) is 19.9. The summed E-state index contributed by atoms with van der Waals surface area (Å²) in [7, 11) is 0. The molecule has 2 aromatic rings. The summed E-state index contributed by atoms with van der Waals surface area (Å²) in [5, 5.41) is 11.3. The first kappa shape index (κ1) is 27.9. The third-order valence-electron chi connectivity index (χ3n) is 5.99. The fourth-order valence-corrected chi connectivity index (χ4v) is 4.08. The number of benzene rings is 2. The number of piperazine rings is 1. The number of carboxylic acid groups (broad SMARTS) is 1. The first-order valence-electron chi connectivity index (χ1n) is 11.7. The SMILES string of the molecule is O=C(O)CCCN1CCN(C(=O)CNC(=O)/C=C/c2ccc(C(F)(F)F)cc2F)[C@H](c2ccccc2)C1. The van der Waals surface area contributed by atoms with Gasteiger partial charge in [-0.3, -0.25) is 19.3 Å². The number of hydrogen-bond acceptors (Lipinski definition) is 4. The van der Waals surface area contributed by atoms with Gasteiger partial charge in [-0.2, -0.15) is 13.2 Å². The number of alkyl halides is 3. The maximum atomic E-state index is 14.0. The number of carbonyl (C=O) groups is 3. The number of aliphatic carboxylic acids is 1. The van der Waals surface area contributed by atoms with Crippen molar-refractivity contribution in [3.8, 4) is 0 Å². The number of hydrogen-bond donors (Lipinski definition) is 2. The molecule has 2 N–H and O–H groups in total. The Labute approximate surface area is 211 Å². The second kappa shape index (κ2) is 12.5. The molecule has 0 spiro atoms. The monoisotopic (exact) mass is 521 g/mol. The normalized spacial score (nSPS) is 16.6. The van der Waals surface area contributed by atoms with Gasteiger partial charge in [0.1, 0.15) is 5.82 Å². The van der Waals surface area contributed by atoms with Crippen LogP contribution in [-0.2, 0) is 20.6 Å². The van der Waals surface area contributed by atoms with Gasteiger partial charge in [0.05, 0.1) is 18.2 Å². The number of carbonyl (C=O) groups excluding carboxylic acids is 2. The maximum Gasteiger partial charge on any atom is 0.416 e. The van der Waals surface area contributed by atoms with E-state index in [-0.39, 0.29) is 30.5 Å². The van der Waals surface area contributed by atoms with E-state index in [9.17, 15) is 31.9 Å². The van der Waals surface area contributed by atoms with Crippen molar-refractivity contribution >= 4 is 23.9 Å². The average molecular weight is 522 g/mol. The molecule has 7 nitrogen and oxygen atoms in total. The molecule has 0 aliphatic carbocycles. The Balaban J connectivity index is 1.60. The van der Waals surface area contributed by atoms with E-state index in [1.807, 2.05) is 30.3 Å². The molecule has 0 unspecified atom stereocenters. The van der Waals surface area contributed by atoms with E-state index in [1.54, 1.807) is 4.90 Å². The molecule has 0 radical (unpaired) electrons. The van der Waals surface area contributed by atoms with Crippen molar-refractivity contribution in [2.75, 3.05) is 32.7 Å². The molecule has 1 aliphatic rings. The van der Waals surface area contributed by atoms with Gasteiger partial charge in [-0.15, -0.1) is 0 Å². The third-order valence-corrected chi connectivity index (χ3v) is 5.99. The van der Waals surface area contributed by atoms with Gasteiger partial charge in [0.2, 0.25) is 11.8 Å². The largest absolute Gasteiger partial charge is 0.481 e. The van der Waals surface area contributed by atoms with Crippen LogP contribution in [0.25, 0.3) is 6.08 Å². The van der Waals surface area contributed by atoms with Crippen LogP contribution in [0.15, 0.2) is 54.6 Å². The lowest BCUT2D eigenvalue weighted by Gasteiger charge is -2.42. The second-order valence-corrected chi connectivity index (χ2v) is 8.60. The van der Waals surface area contributed by atoms with Crippen LogP contribution in [0.5, 0.6) is 0 Å². The predicted octanol–water partition coefficient (Wildman–Crippen LogP) is 3.72. The van der Waals surface area contributed by atoms with E-state index in [1.165, 1.54) is 0 Å². The summed E-state index contributed by atoms with van der Waals surface area (Å²) in [6, 6.07) is 11.1. The highest BCUT2D eigenvalue weighted by molar-refractivity contribution is 5.94. The minimum absolute atomic E-state index is 0.0606. The summed E-state index contributed by atoms with van der Waals surface area (Å²) < 4.78 is 52.0. The second-order valence-electron chi connectivity index (χ2n) is 8.60. The molecule has 0 saturated carbocycles. The highest BCUT2D eigenvalue weighted by Crippen LogP contribution is 2.30. The Morgan fingerprint density at radius 1 is 1.08 bits per heavy atom. The molecule has 1 fully saturated rings. The molecule has 1 atom stereocenters. The molecule has 0 bridgehead atoms. The van der Waals surface area contributed by atoms with Crippen molar-refractivity contribution in [2.45, 2.75) is 25.1 Å². The van der Waals surface area contributed by atoms with Crippen LogP contribution in [-0.4, -0.2) is 65.4 Å². The minimum atomic E-state index is -4.68. The Morgan fingerprint density at radius 2 is 1.81 bits per heavy atom. The van der Waals surface area contributed by atoms with Gasteiger partial charge < -0.3 is 15.3 Å². The van der Waals surface area contributed by atoms with Crippen LogP contribution in [0.1, 0.15) is 35.6 Å². The Kier molecular flexibility index (Phi) is 9.40. The van der Waals surface area contributed by atoms with Gasteiger partial charge in [0.25, 0.3) is 0 Å². The van der Waals surface area contributed by atoms with Crippen molar-refractivity contribution < 1.29 is 37.1 Å². The number of nitrogens with zero attached hydrogens (tertiary/aromatic N) is 2. The lowest BCUT2D eigenvalue weighted by atomic mass is 10.0. The van der Waals surface area contributed by atoms with Crippen LogP contribution in [0.4, 0.5) is 17.6 Å². The first-order valence-corrected chi connectivity index (χ1v) is 11.7.